The number of piperidine rings is 1. The molecule has 1 aliphatic rings. The van der Waals surface area contributed by atoms with E-state index in [1.165, 1.54) is 6.07 Å². The number of halogens is 4. The molecule has 0 aliphatic carbocycles. The van der Waals surface area contributed by atoms with Gasteiger partial charge < -0.3 is 4.90 Å². The van der Waals surface area contributed by atoms with E-state index >= 15 is 0 Å². The predicted molar refractivity (Wildman–Crippen MR) is 73.6 cm³/mol. The molecule has 0 unspecified atom stereocenters. The second-order valence-electron chi connectivity index (χ2n) is 5.02. The third-order valence-electron chi connectivity index (χ3n) is 3.69. The van der Waals surface area contributed by atoms with Crippen LogP contribution < -0.4 is 4.90 Å². The third-order valence-corrected chi connectivity index (χ3v) is 4.00. The monoisotopic (exact) mass is 322 g/mol. The van der Waals surface area contributed by atoms with E-state index in [9.17, 15) is 23.3 Å². The zero-order chi connectivity index (χ0) is 15.6. The van der Waals surface area contributed by atoms with E-state index in [1.807, 2.05) is 0 Å². The van der Waals surface area contributed by atoms with Gasteiger partial charge in [0.1, 0.15) is 5.69 Å². The molecule has 8 heteroatoms. The Bertz CT molecular complexity index is 529. The molecule has 2 rings (SSSR count). The van der Waals surface area contributed by atoms with Gasteiger partial charge in [0.25, 0.3) is 5.69 Å². The minimum atomic E-state index is -4.19. The first-order valence-electron chi connectivity index (χ1n) is 6.48. The zero-order valence-electron chi connectivity index (χ0n) is 11.1. The van der Waals surface area contributed by atoms with Crippen LogP contribution in [-0.4, -0.2) is 24.2 Å². The van der Waals surface area contributed by atoms with Crippen molar-refractivity contribution in [3.05, 3.63) is 33.9 Å². The number of anilines is 1. The normalized spacial score (nSPS) is 17.0. The van der Waals surface area contributed by atoms with E-state index in [0.29, 0.717) is 11.3 Å². The summed E-state index contributed by atoms with van der Waals surface area (Å²) >= 11 is 5.65. The molecule has 1 saturated heterocycles. The van der Waals surface area contributed by atoms with Crippen molar-refractivity contribution in [3.63, 3.8) is 0 Å². The molecule has 0 saturated carbocycles. The van der Waals surface area contributed by atoms with Gasteiger partial charge in [-0.1, -0.05) is 6.07 Å². The number of nitro benzene ring substituents is 1. The smallest absolute Gasteiger partial charge is 0.366 e. The van der Waals surface area contributed by atoms with Gasteiger partial charge in [0.05, 0.1) is 10.8 Å². The molecule has 1 aliphatic heterocycles. The van der Waals surface area contributed by atoms with Crippen LogP contribution in [0, 0.1) is 16.0 Å². The Morgan fingerprint density at radius 2 is 1.95 bits per heavy atom. The second kappa shape index (κ2) is 6.09. The first-order valence-corrected chi connectivity index (χ1v) is 7.01. The lowest BCUT2D eigenvalue weighted by molar-refractivity contribution is -0.384. The summed E-state index contributed by atoms with van der Waals surface area (Å²) in [7, 11) is 0. The first-order chi connectivity index (χ1) is 9.82. The summed E-state index contributed by atoms with van der Waals surface area (Å²) in [4.78, 5) is 12.2. The van der Waals surface area contributed by atoms with Gasteiger partial charge in [-0.25, -0.2) is 0 Å². The van der Waals surface area contributed by atoms with Crippen LogP contribution in [-0.2, 0) is 5.88 Å². The average Bonchev–Trinajstić information content (AvgIpc) is 2.45. The summed E-state index contributed by atoms with van der Waals surface area (Å²) in [6, 6.07) is 4.59. The highest BCUT2D eigenvalue weighted by Gasteiger charge is 2.41. The molecule has 1 fully saturated rings. The maximum atomic E-state index is 12.6. The molecule has 1 aromatic rings. The summed E-state index contributed by atoms with van der Waals surface area (Å²) in [6.07, 6.45) is -4.28. The van der Waals surface area contributed by atoms with Gasteiger partial charge >= 0.3 is 6.18 Å². The molecular formula is C13H14ClF3N2O2. The highest BCUT2D eigenvalue weighted by molar-refractivity contribution is 6.17. The number of hydrogen-bond donors (Lipinski definition) is 0. The van der Waals surface area contributed by atoms with Gasteiger partial charge in [0.15, 0.2) is 0 Å². The van der Waals surface area contributed by atoms with Crippen LogP contribution >= 0.6 is 11.6 Å². The van der Waals surface area contributed by atoms with E-state index < -0.39 is 17.0 Å². The Morgan fingerprint density at radius 1 is 1.33 bits per heavy atom. The molecule has 21 heavy (non-hydrogen) atoms. The number of hydrogen-bond acceptors (Lipinski definition) is 3. The summed E-state index contributed by atoms with van der Waals surface area (Å²) in [6.45, 7) is 0.316. The molecule has 0 amide bonds. The summed E-state index contributed by atoms with van der Waals surface area (Å²) in [5.74, 6) is -1.17. The Hall–Kier alpha value is -1.50. The van der Waals surface area contributed by atoms with E-state index in [-0.39, 0.29) is 37.5 Å². The van der Waals surface area contributed by atoms with Crippen molar-refractivity contribution < 1.29 is 18.1 Å². The fourth-order valence-corrected chi connectivity index (χ4v) is 2.68. The highest BCUT2D eigenvalue weighted by atomic mass is 35.5. The molecular weight excluding hydrogens is 309 g/mol. The molecule has 116 valence electrons. The second-order valence-corrected chi connectivity index (χ2v) is 5.28. The van der Waals surface area contributed by atoms with Gasteiger partial charge in [-0.05, 0) is 24.5 Å². The quantitative estimate of drug-likeness (QED) is 0.478. The fourth-order valence-electron chi connectivity index (χ4n) is 2.51. The number of alkyl halides is 4. The molecule has 0 spiro atoms. The van der Waals surface area contributed by atoms with Crippen LogP contribution in [0.4, 0.5) is 24.5 Å². The van der Waals surface area contributed by atoms with Crippen molar-refractivity contribution in [1.29, 1.82) is 0 Å². The van der Waals surface area contributed by atoms with Crippen molar-refractivity contribution in [1.82, 2.24) is 0 Å². The molecule has 1 heterocycles. The van der Waals surface area contributed by atoms with Gasteiger partial charge in [0, 0.05) is 25.0 Å². The summed E-state index contributed by atoms with van der Waals surface area (Å²) in [5.41, 5.74) is 0.852. The van der Waals surface area contributed by atoms with E-state index in [0.717, 1.165) is 0 Å². The first kappa shape index (κ1) is 15.9. The molecule has 1 aromatic carbocycles. The Labute approximate surface area is 124 Å². The van der Waals surface area contributed by atoms with Crippen LogP contribution in [0.5, 0.6) is 0 Å². The number of benzene rings is 1. The maximum absolute atomic E-state index is 12.6. The zero-order valence-corrected chi connectivity index (χ0v) is 11.8. The summed E-state index contributed by atoms with van der Waals surface area (Å²) < 4.78 is 37.9. The lowest BCUT2D eigenvalue weighted by Crippen LogP contribution is -2.39. The number of rotatable bonds is 3. The third kappa shape index (κ3) is 3.58. The fraction of sp³-hybridized carbons (Fsp3) is 0.538. The van der Waals surface area contributed by atoms with Crippen LogP contribution in [0.25, 0.3) is 0 Å². The lowest BCUT2D eigenvalue weighted by atomic mass is 9.95. The van der Waals surface area contributed by atoms with Crippen LogP contribution in [0.3, 0.4) is 0 Å². The van der Waals surface area contributed by atoms with Crippen molar-refractivity contribution in [2.75, 3.05) is 18.0 Å². The van der Waals surface area contributed by atoms with Crippen molar-refractivity contribution in [3.8, 4) is 0 Å². The highest BCUT2D eigenvalue weighted by Crippen LogP contribution is 2.37. The van der Waals surface area contributed by atoms with Crippen molar-refractivity contribution in [2.45, 2.75) is 24.9 Å². The van der Waals surface area contributed by atoms with E-state index in [1.54, 1.807) is 17.0 Å². The molecule has 0 aromatic heterocycles. The van der Waals surface area contributed by atoms with Gasteiger partial charge in [-0.15, -0.1) is 11.6 Å². The Balaban J connectivity index is 2.18. The Kier molecular flexibility index (Phi) is 4.61. The lowest BCUT2D eigenvalue weighted by Gasteiger charge is -2.34. The average molecular weight is 323 g/mol. The summed E-state index contributed by atoms with van der Waals surface area (Å²) in [5, 5.41) is 11.1. The van der Waals surface area contributed by atoms with E-state index in [4.69, 9.17) is 11.6 Å². The Morgan fingerprint density at radius 3 is 2.43 bits per heavy atom. The standard InChI is InChI=1S/C13H14ClF3N2O2/c14-8-9-1-2-11(12(7-9)19(20)21)18-5-3-10(4-6-18)13(15,16)17/h1-2,7,10H,3-6,8H2. The largest absolute Gasteiger partial charge is 0.391 e. The molecule has 0 atom stereocenters. The number of nitrogens with zero attached hydrogens (tertiary/aromatic N) is 2. The van der Waals surface area contributed by atoms with Gasteiger partial charge in [-0.3, -0.25) is 10.1 Å². The van der Waals surface area contributed by atoms with Crippen LogP contribution in [0.1, 0.15) is 18.4 Å². The van der Waals surface area contributed by atoms with Crippen molar-refractivity contribution in [2.24, 2.45) is 5.92 Å². The molecule has 0 radical (unpaired) electrons. The van der Waals surface area contributed by atoms with Gasteiger partial charge in [0.2, 0.25) is 0 Å². The molecule has 0 bridgehead atoms. The van der Waals surface area contributed by atoms with Crippen molar-refractivity contribution >= 4 is 23.0 Å². The number of nitro groups is 1. The van der Waals surface area contributed by atoms with E-state index in [2.05, 4.69) is 0 Å². The SMILES string of the molecule is O=[N+]([O-])c1cc(CCl)ccc1N1CCC(C(F)(F)F)CC1. The van der Waals surface area contributed by atoms with Crippen LogP contribution in [0.15, 0.2) is 18.2 Å². The topological polar surface area (TPSA) is 46.4 Å². The van der Waals surface area contributed by atoms with Gasteiger partial charge in [-0.2, -0.15) is 13.2 Å². The minimum absolute atomic E-state index is 0.0437. The molecule has 0 N–H and O–H groups in total. The predicted octanol–water partition coefficient (Wildman–Crippen LogP) is 4.11. The minimum Gasteiger partial charge on any atom is -0.366 e. The molecule has 4 nitrogen and oxygen atoms in total. The van der Waals surface area contributed by atoms with Crippen LogP contribution in [0.2, 0.25) is 0 Å². The maximum Gasteiger partial charge on any atom is 0.391 e.